The molecule has 0 amide bonds. The number of hydrogen-bond donors (Lipinski definition) is 0. The number of methoxy groups -OCH3 is 1. The molecule has 1 fully saturated rings. The average molecular weight is 324 g/mol. The van der Waals surface area contributed by atoms with Crippen LogP contribution in [0.15, 0.2) is 0 Å². The zero-order valence-electron chi connectivity index (χ0n) is 10.1. The van der Waals surface area contributed by atoms with Crippen molar-refractivity contribution in [3.63, 3.8) is 0 Å². The highest BCUT2D eigenvalue weighted by Crippen LogP contribution is 2.29. The van der Waals surface area contributed by atoms with E-state index in [1.807, 2.05) is 4.90 Å². The van der Waals surface area contributed by atoms with E-state index in [-0.39, 0.29) is 16.0 Å². The van der Waals surface area contributed by atoms with E-state index in [0.717, 1.165) is 0 Å². The van der Waals surface area contributed by atoms with Gasteiger partial charge in [0.05, 0.1) is 20.2 Å². The van der Waals surface area contributed by atoms with Crippen LogP contribution in [0.1, 0.15) is 10.5 Å². The molecule has 104 valence electrons. The maximum atomic E-state index is 11.6. The Labute approximate surface area is 123 Å². The first-order valence-corrected chi connectivity index (χ1v) is 7.68. The normalized spacial score (nSPS) is 16.5. The van der Waals surface area contributed by atoms with E-state index in [1.54, 1.807) is 0 Å². The fourth-order valence-corrected chi connectivity index (χ4v) is 3.20. The van der Waals surface area contributed by atoms with Crippen molar-refractivity contribution in [1.82, 2.24) is 9.97 Å². The largest absolute Gasteiger partial charge is 0.616 e. The fraction of sp³-hybridized carbons (Fsp3) is 0.500. The highest BCUT2D eigenvalue weighted by Gasteiger charge is 2.26. The summed E-state index contributed by atoms with van der Waals surface area (Å²) in [6.07, 6.45) is 0. The lowest BCUT2D eigenvalue weighted by Crippen LogP contribution is -2.41. The minimum Gasteiger partial charge on any atom is -0.616 e. The molecule has 6 nitrogen and oxygen atoms in total. The number of ether oxygens (including phenoxy) is 1. The van der Waals surface area contributed by atoms with Crippen molar-refractivity contribution in [3.8, 4) is 0 Å². The molecule has 0 aromatic carbocycles. The van der Waals surface area contributed by atoms with Gasteiger partial charge in [-0.2, -0.15) is 4.98 Å². The first-order valence-electron chi connectivity index (χ1n) is 5.44. The van der Waals surface area contributed by atoms with E-state index < -0.39 is 17.1 Å². The first kappa shape index (κ1) is 14.6. The van der Waals surface area contributed by atoms with Gasteiger partial charge in [-0.15, -0.1) is 0 Å². The van der Waals surface area contributed by atoms with Gasteiger partial charge in [0.25, 0.3) is 0 Å². The summed E-state index contributed by atoms with van der Waals surface area (Å²) in [5, 5.41) is 0.0235. The maximum absolute atomic E-state index is 11.6. The highest BCUT2D eigenvalue weighted by molar-refractivity contribution is 7.91. The Bertz CT molecular complexity index is 495. The van der Waals surface area contributed by atoms with Crippen molar-refractivity contribution in [2.45, 2.75) is 0 Å². The molecule has 19 heavy (non-hydrogen) atoms. The number of esters is 1. The highest BCUT2D eigenvalue weighted by atomic mass is 35.5. The number of hydrogen-bond acceptors (Lipinski definition) is 6. The van der Waals surface area contributed by atoms with E-state index in [9.17, 15) is 9.35 Å². The molecular formula is C10H11Cl2N3O3S. The summed E-state index contributed by atoms with van der Waals surface area (Å²) in [5.41, 5.74) is -0.0640. The molecule has 9 heteroatoms. The van der Waals surface area contributed by atoms with Crippen LogP contribution < -0.4 is 4.90 Å². The van der Waals surface area contributed by atoms with Crippen LogP contribution in [0.4, 0.5) is 5.82 Å². The molecule has 0 unspecified atom stereocenters. The van der Waals surface area contributed by atoms with Gasteiger partial charge >= 0.3 is 5.97 Å². The molecule has 1 aromatic heterocycles. The van der Waals surface area contributed by atoms with Gasteiger partial charge in [0.15, 0.2) is 11.5 Å². The first-order chi connectivity index (χ1) is 9.02. The number of nitrogens with zero attached hydrogens (tertiary/aromatic N) is 3. The fourth-order valence-electron chi connectivity index (χ4n) is 1.70. The van der Waals surface area contributed by atoms with E-state index >= 15 is 0 Å². The lowest BCUT2D eigenvalue weighted by molar-refractivity contribution is 0.0594. The molecular weight excluding hydrogens is 313 g/mol. The number of aromatic nitrogens is 2. The molecule has 0 atom stereocenters. The minimum absolute atomic E-state index is 0.0640. The monoisotopic (exact) mass is 323 g/mol. The number of carbonyl (C=O) groups is 1. The van der Waals surface area contributed by atoms with Crippen LogP contribution in [-0.2, 0) is 15.9 Å². The second-order valence-electron chi connectivity index (χ2n) is 3.81. The molecule has 2 rings (SSSR count). The molecule has 2 heterocycles. The van der Waals surface area contributed by atoms with Gasteiger partial charge in [0.2, 0.25) is 5.28 Å². The second kappa shape index (κ2) is 6.13. The Morgan fingerprint density at radius 1 is 1.37 bits per heavy atom. The summed E-state index contributed by atoms with van der Waals surface area (Å²) in [6.45, 7) is 1.08. The predicted molar refractivity (Wildman–Crippen MR) is 73.5 cm³/mol. The Balaban J connectivity index is 2.35. The number of anilines is 1. The third-order valence-electron chi connectivity index (χ3n) is 2.66. The summed E-state index contributed by atoms with van der Waals surface area (Å²) in [7, 11) is 1.23. The van der Waals surface area contributed by atoms with E-state index in [4.69, 9.17) is 23.2 Å². The summed E-state index contributed by atoms with van der Waals surface area (Å²) < 4.78 is 15.9. The van der Waals surface area contributed by atoms with Gasteiger partial charge in [0.1, 0.15) is 16.5 Å². The van der Waals surface area contributed by atoms with Crippen molar-refractivity contribution < 1.29 is 14.1 Å². The second-order valence-corrected chi connectivity index (χ2v) is 6.22. The third-order valence-corrected chi connectivity index (χ3v) is 4.46. The molecule has 0 aliphatic carbocycles. The van der Waals surface area contributed by atoms with Crippen molar-refractivity contribution in [2.75, 3.05) is 36.6 Å². The topological polar surface area (TPSA) is 78.4 Å². The van der Waals surface area contributed by atoms with Gasteiger partial charge < -0.3 is 14.2 Å². The standard InChI is InChI=1S/C10H11Cl2N3O3S/c1-18-9(16)7-6(11)8(14-10(12)13-7)15-2-4-19(17)5-3-15/h2-5H2,1H3. The van der Waals surface area contributed by atoms with Crippen molar-refractivity contribution in [2.24, 2.45) is 0 Å². The smallest absolute Gasteiger partial charge is 0.358 e. The zero-order chi connectivity index (χ0) is 14.0. The molecule has 1 aliphatic rings. The van der Waals surface area contributed by atoms with Crippen LogP contribution in [0.5, 0.6) is 0 Å². The van der Waals surface area contributed by atoms with Crippen molar-refractivity contribution in [3.05, 3.63) is 16.0 Å². The molecule has 0 N–H and O–H groups in total. The summed E-state index contributed by atoms with van der Waals surface area (Å²) in [6, 6.07) is 0. The Hall–Kier alpha value is -0.760. The van der Waals surface area contributed by atoms with Crippen molar-refractivity contribution >= 4 is 46.2 Å². The van der Waals surface area contributed by atoms with Crippen LogP contribution in [0.3, 0.4) is 0 Å². The molecule has 0 saturated carbocycles. The Morgan fingerprint density at radius 3 is 2.58 bits per heavy atom. The molecule has 1 aliphatic heterocycles. The van der Waals surface area contributed by atoms with Crippen molar-refractivity contribution in [1.29, 1.82) is 0 Å². The zero-order valence-corrected chi connectivity index (χ0v) is 12.4. The molecule has 0 radical (unpaired) electrons. The maximum Gasteiger partial charge on any atom is 0.358 e. The lowest BCUT2D eigenvalue weighted by Gasteiger charge is -2.29. The third kappa shape index (κ3) is 3.22. The summed E-state index contributed by atoms with van der Waals surface area (Å²) in [4.78, 5) is 21.2. The molecule has 0 spiro atoms. The molecule has 0 bridgehead atoms. The van der Waals surface area contributed by atoms with Crippen LogP contribution in [-0.4, -0.2) is 52.2 Å². The SMILES string of the molecule is COC(=O)c1nc(Cl)nc(N2CC[S+]([O-])CC2)c1Cl. The van der Waals surface area contributed by atoms with Gasteiger partial charge in [-0.05, 0) is 11.6 Å². The Kier molecular flexibility index (Phi) is 4.72. The van der Waals surface area contributed by atoms with E-state index in [2.05, 4.69) is 14.7 Å². The quantitative estimate of drug-likeness (QED) is 0.461. The lowest BCUT2D eigenvalue weighted by atomic mass is 10.3. The number of halogens is 2. The van der Waals surface area contributed by atoms with Gasteiger partial charge in [0, 0.05) is 0 Å². The summed E-state index contributed by atoms with van der Waals surface area (Å²) in [5.74, 6) is 0.770. The van der Waals surface area contributed by atoms with Crippen LogP contribution >= 0.6 is 23.2 Å². The number of carbonyl (C=O) groups excluding carboxylic acids is 1. The summed E-state index contributed by atoms with van der Waals surface area (Å²) >= 11 is 11.1. The van der Waals surface area contributed by atoms with Crippen LogP contribution in [0, 0.1) is 0 Å². The minimum atomic E-state index is -0.815. The number of rotatable bonds is 2. The van der Waals surface area contributed by atoms with E-state index in [1.165, 1.54) is 7.11 Å². The molecule has 1 aromatic rings. The average Bonchev–Trinajstić information content (AvgIpc) is 2.41. The van der Waals surface area contributed by atoms with Gasteiger partial charge in [-0.3, -0.25) is 0 Å². The van der Waals surface area contributed by atoms with Crippen LogP contribution in [0.2, 0.25) is 10.3 Å². The predicted octanol–water partition coefficient (Wildman–Crippen LogP) is 1.14. The molecule has 1 saturated heterocycles. The van der Waals surface area contributed by atoms with Crippen LogP contribution in [0.25, 0.3) is 0 Å². The van der Waals surface area contributed by atoms with Gasteiger partial charge in [-0.25, -0.2) is 9.78 Å². The Morgan fingerprint density at radius 2 is 2.00 bits per heavy atom. The van der Waals surface area contributed by atoms with E-state index in [0.29, 0.717) is 30.4 Å². The van der Waals surface area contributed by atoms with Gasteiger partial charge in [-0.1, -0.05) is 22.8 Å².